The first-order valence-electron chi connectivity index (χ1n) is 8.66. The molecular weight excluding hydrogens is 356 g/mol. The summed E-state index contributed by atoms with van der Waals surface area (Å²) in [4.78, 5) is 37.6. The van der Waals surface area contributed by atoms with Crippen LogP contribution in [0.5, 0.6) is 11.5 Å². The van der Waals surface area contributed by atoms with Crippen LogP contribution in [0.1, 0.15) is 27.6 Å². The number of para-hydroxylation sites is 1. The summed E-state index contributed by atoms with van der Waals surface area (Å²) in [6.45, 7) is 1.44. The second-order valence-corrected chi connectivity index (χ2v) is 6.30. The lowest BCUT2D eigenvalue weighted by Gasteiger charge is -2.13. The fourth-order valence-corrected chi connectivity index (χ4v) is 3.04. The maximum Gasteiger partial charge on any atom is 0.266 e. The number of rotatable bonds is 4. The van der Waals surface area contributed by atoms with Gasteiger partial charge in [-0.3, -0.25) is 14.4 Å². The van der Waals surface area contributed by atoms with E-state index in [-0.39, 0.29) is 17.7 Å². The summed E-state index contributed by atoms with van der Waals surface area (Å²) >= 11 is 0. The fraction of sp³-hybridized carbons (Fsp3) is 0.0455. The average Bonchev–Trinajstić information content (AvgIpc) is 2.94. The number of hydrogen-bond acceptors (Lipinski definition) is 4. The van der Waals surface area contributed by atoms with E-state index in [2.05, 4.69) is 5.32 Å². The Labute approximate surface area is 161 Å². The van der Waals surface area contributed by atoms with E-state index >= 15 is 0 Å². The molecule has 1 aliphatic heterocycles. The van der Waals surface area contributed by atoms with Gasteiger partial charge in [0.2, 0.25) is 5.91 Å². The van der Waals surface area contributed by atoms with Gasteiger partial charge in [0.25, 0.3) is 11.8 Å². The molecule has 3 aromatic carbocycles. The molecular formula is C22H16N2O4. The molecule has 0 spiro atoms. The maximum atomic E-state index is 12.8. The summed E-state index contributed by atoms with van der Waals surface area (Å²) in [6.07, 6.45) is 0. The number of imide groups is 1. The first kappa shape index (κ1) is 17.5. The zero-order valence-corrected chi connectivity index (χ0v) is 15.0. The molecule has 4 rings (SSSR count). The predicted molar refractivity (Wildman–Crippen MR) is 105 cm³/mol. The number of benzene rings is 3. The lowest BCUT2D eigenvalue weighted by Crippen LogP contribution is -2.29. The average molecular weight is 372 g/mol. The molecule has 1 N–H and O–H groups in total. The summed E-state index contributed by atoms with van der Waals surface area (Å²) in [5, 5.41) is 2.68. The first-order chi connectivity index (χ1) is 13.5. The molecule has 0 radical (unpaired) electrons. The van der Waals surface area contributed by atoms with Crippen molar-refractivity contribution in [1.29, 1.82) is 0 Å². The summed E-state index contributed by atoms with van der Waals surface area (Å²) in [6, 6.07) is 20.5. The zero-order chi connectivity index (χ0) is 19.7. The van der Waals surface area contributed by atoms with E-state index < -0.39 is 0 Å². The SMILES string of the molecule is CC(=O)Nc1ccc(Oc2ccc3c(c2)C(=O)N(c2ccccc2)C3=O)cc1. The molecule has 0 aliphatic carbocycles. The van der Waals surface area contributed by atoms with E-state index in [1.54, 1.807) is 66.7 Å². The highest BCUT2D eigenvalue weighted by molar-refractivity contribution is 6.34. The van der Waals surface area contributed by atoms with Gasteiger partial charge >= 0.3 is 0 Å². The smallest absolute Gasteiger partial charge is 0.266 e. The number of fused-ring (bicyclic) bond motifs is 1. The molecule has 3 aromatic rings. The summed E-state index contributed by atoms with van der Waals surface area (Å²) < 4.78 is 5.79. The van der Waals surface area contributed by atoms with Gasteiger partial charge in [-0.05, 0) is 54.6 Å². The van der Waals surface area contributed by atoms with Crippen molar-refractivity contribution in [3.05, 3.63) is 83.9 Å². The Bertz CT molecular complexity index is 1080. The molecule has 0 bridgehead atoms. The Morgan fingerprint density at radius 2 is 1.46 bits per heavy atom. The molecule has 138 valence electrons. The molecule has 0 fully saturated rings. The second-order valence-electron chi connectivity index (χ2n) is 6.30. The van der Waals surface area contributed by atoms with Gasteiger partial charge in [0.15, 0.2) is 0 Å². The molecule has 6 nitrogen and oxygen atoms in total. The minimum absolute atomic E-state index is 0.154. The third-order valence-electron chi connectivity index (χ3n) is 4.28. The highest BCUT2D eigenvalue weighted by Crippen LogP contribution is 2.32. The van der Waals surface area contributed by atoms with Crippen LogP contribution in [0.15, 0.2) is 72.8 Å². The van der Waals surface area contributed by atoms with Crippen molar-refractivity contribution < 1.29 is 19.1 Å². The molecule has 28 heavy (non-hydrogen) atoms. The lowest BCUT2D eigenvalue weighted by molar-refractivity contribution is -0.114. The number of ether oxygens (including phenoxy) is 1. The third-order valence-corrected chi connectivity index (χ3v) is 4.28. The molecule has 1 heterocycles. The molecule has 0 saturated carbocycles. The minimum atomic E-state index is -0.377. The molecule has 0 unspecified atom stereocenters. The Morgan fingerprint density at radius 1 is 0.821 bits per heavy atom. The van der Waals surface area contributed by atoms with E-state index in [1.807, 2.05) is 6.07 Å². The standard InChI is InChI=1S/C22H16N2O4/c1-14(25)23-15-7-9-17(10-8-15)28-18-11-12-19-20(13-18)22(27)24(21(19)26)16-5-3-2-4-6-16/h2-13H,1H3,(H,23,25). The van der Waals surface area contributed by atoms with Crippen LogP contribution in [0.2, 0.25) is 0 Å². The van der Waals surface area contributed by atoms with E-state index in [9.17, 15) is 14.4 Å². The number of hydrogen-bond donors (Lipinski definition) is 1. The molecule has 1 aliphatic rings. The normalized spacial score (nSPS) is 12.7. The van der Waals surface area contributed by atoms with Crippen molar-refractivity contribution in [3.8, 4) is 11.5 Å². The Balaban J connectivity index is 1.57. The van der Waals surface area contributed by atoms with Crippen LogP contribution in [0, 0.1) is 0 Å². The lowest BCUT2D eigenvalue weighted by atomic mass is 10.1. The number of nitrogens with one attached hydrogen (secondary N) is 1. The van der Waals surface area contributed by atoms with E-state index in [0.29, 0.717) is 34.0 Å². The third kappa shape index (κ3) is 3.23. The molecule has 0 atom stereocenters. The van der Waals surface area contributed by atoms with Gasteiger partial charge in [0.1, 0.15) is 11.5 Å². The van der Waals surface area contributed by atoms with Crippen LogP contribution in [0.4, 0.5) is 11.4 Å². The van der Waals surface area contributed by atoms with Crippen LogP contribution in [-0.4, -0.2) is 17.7 Å². The predicted octanol–water partition coefficient (Wildman–Crippen LogP) is 4.24. The Morgan fingerprint density at radius 3 is 2.14 bits per heavy atom. The Hall–Kier alpha value is -3.93. The van der Waals surface area contributed by atoms with Crippen molar-refractivity contribution in [2.24, 2.45) is 0 Å². The quantitative estimate of drug-likeness (QED) is 0.695. The van der Waals surface area contributed by atoms with E-state index in [0.717, 1.165) is 4.90 Å². The van der Waals surface area contributed by atoms with E-state index in [1.165, 1.54) is 6.92 Å². The molecule has 0 saturated heterocycles. The fourth-order valence-electron chi connectivity index (χ4n) is 3.04. The van der Waals surface area contributed by atoms with Gasteiger partial charge in [-0.2, -0.15) is 0 Å². The molecule has 0 aromatic heterocycles. The van der Waals surface area contributed by atoms with Gasteiger partial charge < -0.3 is 10.1 Å². The largest absolute Gasteiger partial charge is 0.457 e. The van der Waals surface area contributed by atoms with Crippen molar-refractivity contribution in [2.45, 2.75) is 6.92 Å². The molecule has 6 heteroatoms. The number of carbonyl (C=O) groups excluding carboxylic acids is 3. The first-order valence-corrected chi connectivity index (χ1v) is 8.66. The highest BCUT2D eigenvalue weighted by atomic mass is 16.5. The van der Waals surface area contributed by atoms with Crippen LogP contribution >= 0.6 is 0 Å². The van der Waals surface area contributed by atoms with Gasteiger partial charge in [-0.25, -0.2) is 4.90 Å². The highest BCUT2D eigenvalue weighted by Gasteiger charge is 2.36. The molecule has 3 amide bonds. The second kappa shape index (κ2) is 7.00. The van der Waals surface area contributed by atoms with Gasteiger partial charge in [-0.15, -0.1) is 0 Å². The summed E-state index contributed by atoms with van der Waals surface area (Å²) in [7, 11) is 0. The minimum Gasteiger partial charge on any atom is -0.457 e. The number of anilines is 2. The number of nitrogens with zero attached hydrogens (tertiary/aromatic N) is 1. The van der Waals surface area contributed by atoms with Crippen LogP contribution < -0.4 is 15.0 Å². The van der Waals surface area contributed by atoms with Crippen molar-refractivity contribution in [2.75, 3.05) is 10.2 Å². The van der Waals surface area contributed by atoms with Crippen molar-refractivity contribution in [1.82, 2.24) is 0 Å². The topological polar surface area (TPSA) is 75.7 Å². The van der Waals surface area contributed by atoms with Crippen molar-refractivity contribution in [3.63, 3.8) is 0 Å². The van der Waals surface area contributed by atoms with E-state index in [4.69, 9.17) is 4.74 Å². The number of amides is 3. The van der Waals surface area contributed by atoms with Gasteiger partial charge in [0, 0.05) is 12.6 Å². The van der Waals surface area contributed by atoms with Crippen LogP contribution in [0.3, 0.4) is 0 Å². The van der Waals surface area contributed by atoms with Crippen molar-refractivity contribution >= 4 is 29.1 Å². The Kier molecular flexibility index (Phi) is 4.37. The monoisotopic (exact) mass is 372 g/mol. The van der Waals surface area contributed by atoms with Gasteiger partial charge in [-0.1, -0.05) is 18.2 Å². The summed E-state index contributed by atoms with van der Waals surface area (Å²) in [5.41, 5.74) is 1.85. The maximum absolute atomic E-state index is 12.8. The zero-order valence-electron chi connectivity index (χ0n) is 15.0. The van der Waals surface area contributed by atoms with Crippen LogP contribution in [0.25, 0.3) is 0 Å². The van der Waals surface area contributed by atoms with Crippen LogP contribution in [-0.2, 0) is 4.79 Å². The van der Waals surface area contributed by atoms with Gasteiger partial charge in [0.05, 0.1) is 16.8 Å². The summed E-state index contributed by atoms with van der Waals surface area (Å²) in [5.74, 6) is 0.112. The number of carbonyl (C=O) groups is 3.